The van der Waals surface area contributed by atoms with Crippen molar-refractivity contribution in [3.63, 3.8) is 0 Å². The van der Waals surface area contributed by atoms with Crippen LogP contribution in [0.15, 0.2) is 41.9 Å². The third-order valence-corrected chi connectivity index (χ3v) is 6.05. The predicted molar refractivity (Wildman–Crippen MR) is 118 cm³/mol. The van der Waals surface area contributed by atoms with Crippen LogP contribution in [-0.2, 0) is 5.41 Å². The molecule has 4 rings (SSSR count). The molecule has 1 aromatic carbocycles. The standard InChI is InChI=1S/C23H18FN5O2S/c1-2-21-28-20(12-32-21)29-22(31)27-19(11-30)18-6-3-14(10-26-18)16-9-15(24)4-5-17(16)23(13-25)7-8-23/h1,3-6,9-10,12,19,30H,7-8,11H2,(H2,27,29,31)/t19-/m0/s1. The number of hydrogen-bond acceptors (Lipinski definition) is 6. The molecule has 0 aliphatic heterocycles. The van der Waals surface area contributed by atoms with Gasteiger partial charge in [-0.05, 0) is 48.1 Å². The molecule has 0 radical (unpaired) electrons. The van der Waals surface area contributed by atoms with Crippen LogP contribution in [-0.4, -0.2) is 27.7 Å². The lowest BCUT2D eigenvalue weighted by Crippen LogP contribution is -2.34. The van der Waals surface area contributed by atoms with E-state index in [0.717, 1.165) is 18.4 Å². The molecule has 0 spiro atoms. The summed E-state index contributed by atoms with van der Waals surface area (Å²) in [6.45, 7) is -0.380. The summed E-state index contributed by atoms with van der Waals surface area (Å²) in [6, 6.07) is 8.80. The van der Waals surface area contributed by atoms with Gasteiger partial charge >= 0.3 is 6.03 Å². The number of urea groups is 1. The highest BCUT2D eigenvalue weighted by molar-refractivity contribution is 7.10. The largest absolute Gasteiger partial charge is 0.394 e. The molecule has 160 valence electrons. The highest BCUT2D eigenvalue weighted by Crippen LogP contribution is 2.50. The minimum atomic E-state index is -0.768. The Bertz CT molecular complexity index is 1240. The summed E-state index contributed by atoms with van der Waals surface area (Å²) in [6.07, 6.45) is 8.29. The Balaban J connectivity index is 1.52. The number of halogens is 1. The molecule has 3 N–H and O–H groups in total. The number of carbonyl (C=O) groups is 1. The van der Waals surface area contributed by atoms with Gasteiger partial charge in [0.1, 0.15) is 11.6 Å². The Kier molecular flexibility index (Phi) is 5.87. The van der Waals surface area contributed by atoms with Crippen LogP contribution in [0.2, 0.25) is 0 Å². The average Bonchev–Trinajstić information content (AvgIpc) is 3.48. The van der Waals surface area contributed by atoms with Crippen LogP contribution in [0.5, 0.6) is 0 Å². The van der Waals surface area contributed by atoms with E-state index in [9.17, 15) is 19.6 Å². The molecule has 3 aromatic rings. The number of benzene rings is 1. The van der Waals surface area contributed by atoms with Gasteiger partial charge in [-0.2, -0.15) is 5.26 Å². The Labute approximate surface area is 188 Å². The number of carbonyl (C=O) groups excluding carboxylic acids is 1. The Morgan fingerprint density at radius 1 is 1.38 bits per heavy atom. The maximum absolute atomic E-state index is 13.9. The smallest absolute Gasteiger partial charge is 0.321 e. The molecular weight excluding hydrogens is 429 g/mol. The fourth-order valence-electron chi connectivity index (χ4n) is 3.43. The number of aliphatic hydroxyl groups excluding tert-OH is 1. The summed E-state index contributed by atoms with van der Waals surface area (Å²) < 4.78 is 13.9. The number of aromatic nitrogens is 2. The monoisotopic (exact) mass is 447 g/mol. The summed E-state index contributed by atoms with van der Waals surface area (Å²) in [7, 11) is 0. The Hall–Kier alpha value is -3.79. The minimum absolute atomic E-state index is 0.311. The summed E-state index contributed by atoms with van der Waals surface area (Å²) in [5.74, 6) is 2.30. The molecule has 1 aliphatic carbocycles. The van der Waals surface area contributed by atoms with Gasteiger partial charge in [0.2, 0.25) is 0 Å². The van der Waals surface area contributed by atoms with Gasteiger partial charge in [-0.25, -0.2) is 14.2 Å². The summed E-state index contributed by atoms with van der Waals surface area (Å²) >= 11 is 1.22. The maximum atomic E-state index is 13.9. The van der Waals surface area contributed by atoms with E-state index in [-0.39, 0.29) is 6.61 Å². The number of pyridine rings is 1. The quantitative estimate of drug-likeness (QED) is 0.499. The highest BCUT2D eigenvalue weighted by atomic mass is 32.1. The van der Waals surface area contributed by atoms with Crippen molar-refractivity contribution >= 4 is 23.2 Å². The van der Waals surface area contributed by atoms with Crippen LogP contribution in [0.4, 0.5) is 15.0 Å². The molecule has 9 heteroatoms. The third-order valence-electron chi connectivity index (χ3n) is 5.27. The first kappa shape index (κ1) is 21.4. The van der Waals surface area contributed by atoms with Crippen molar-refractivity contribution in [2.45, 2.75) is 24.3 Å². The van der Waals surface area contributed by atoms with Crippen LogP contribution in [0.25, 0.3) is 11.1 Å². The number of rotatable bonds is 6. The lowest BCUT2D eigenvalue weighted by Gasteiger charge is -2.17. The number of amides is 2. The Morgan fingerprint density at radius 2 is 2.19 bits per heavy atom. The van der Waals surface area contributed by atoms with Gasteiger partial charge < -0.3 is 10.4 Å². The van der Waals surface area contributed by atoms with E-state index < -0.39 is 23.3 Å². The van der Waals surface area contributed by atoms with Crippen LogP contribution in [0, 0.1) is 29.5 Å². The first-order valence-corrected chi connectivity index (χ1v) is 10.6. The second kappa shape index (κ2) is 8.75. The average molecular weight is 447 g/mol. The fourth-order valence-corrected chi connectivity index (χ4v) is 3.98. The van der Waals surface area contributed by atoms with Crippen LogP contribution < -0.4 is 10.6 Å². The van der Waals surface area contributed by atoms with Gasteiger partial charge in [-0.3, -0.25) is 10.3 Å². The van der Waals surface area contributed by atoms with E-state index in [4.69, 9.17) is 6.42 Å². The Morgan fingerprint density at radius 3 is 2.78 bits per heavy atom. The number of aliphatic hydroxyl groups is 1. The number of nitrogens with zero attached hydrogens (tertiary/aromatic N) is 3. The van der Waals surface area contributed by atoms with Crippen LogP contribution >= 0.6 is 11.3 Å². The molecule has 1 aliphatic rings. The van der Waals surface area contributed by atoms with Crippen molar-refractivity contribution in [3.8, 4) is 29.5 Å². The predicted octanol–water partition coefficient (Wildman–Crippen LogP) is 3.74. The molecule has 0 unspecified atom stereocenters. The lowest BCUT2D eigenvalue weighted by molar-refractivity contribution is 0.224. The van der Waals surface area contributed by atoms with Crippen molar-refractivity contribution in [1.82, 2.24) is 15.3 Å². The van der Waals surface area contributed by atoms with Crippen molar-refractivity contribution < 1.29 is 14.3 Å². The molecule has 2 aromatic heterocycles. The second-order valence-electron chi connectivity index (χ2n) is 7.37. The SMILES string of the molecule is C#Cc1nc(NC(=O)N[C@@H](CO)c2ccc(-c3cc(F)ccc3C3(C#N)CC3)cn2)cs1. The minimum Gasteiger partial charge on any atom is -0.394 e. The van der Waals surface area contributed by atoms with E-state index in [2.05, 4.69) is 32.6 Å². The van der Waals surface area contributed by atoms with E-state index in [1.807, 2.05) is 0 Å². The molecule has 32 heavy (non-hydrogen) atoms. The summed E-state index contributed by atoms with van der Waals surface area (Å²) in [4.78, 5) is 20.7. The zero-order chi connectivity index (χ0) is 22.7. The summed E-state index contributed by atoms with van der Waals surface area (Å²) in [5.41, 5.74) is 1.89. The number of nitrogens with one attached hydrogen (secondary N) is 2. The van der Waals surface area contributed by atoms with Crippen molar-refractivity contribution in [1.29, 1.82) is 5.26 Å². The molecule has 7 nitrogen and oxygen atoms in total. The molecule has 0 saturated heterocycles. The molecule has 1 fully saturated rings. The van der Waals surface area contributed by atoms with Gasteiger partial charge in [0.25, 0.3) is 0 Å². The number of anilines is 1. The molecule has 2 amide bonds. The molecule has 2 heterocycles. The van der Waals surface area contributed by atoms with Crippen LogP contribution in [0.3, 0.4) is 0 Å². The summed E-state index contributed by atoms with van der Waals surface area (Å²) in [5, 5.41) is 26.5. The number of hydrogen-bond donors (Lipinski definition) is 3. The number of terminal acetylenes is 1. The van der Waals surface area contributed by atoms with E-state index in [1.165, 1.54) is 23.5 Å². The lowest BCUT2D eigenvalue weighted by atomic mass is 9.89. The molecule has 1 saturated carbocycles. The first-order valence-electron chi connectivity index (χ1n) is 9.76. The van der Waals surface area contributed by atoms with Crippen LogP contribution in [0.1, 0.15) is 35.1 Å². The van der Waals surface area contributed by atoms with Crippen molar-refractivity contribution in [2.75, 3.05) is 11.9 Å². The maximum Gasteiger partial charge on any atom is 0.321 e. The normalized spacial score (nSPS) is 14.6. The van der Waals surface area contributed by atoms with Gasteiger partial charge in [-0.1, -0.05) is 12.1 Å². The molecule has 0 bridgehead atoms. The highest BCUT2D eigenvalue weighted by Gasteiger charge is 2.46. The van der Waals surface area contributed by atoms with Gasteiger partial charge in [0, 0.05) is 17.1 Å². The van der Waals surface area contributed by atoms with Gasteiger partial charge in [0.05, 0.1) is 29.8 Å². The second-order valence-corrected chi connectivity index (χ2v) is 8.23. The zero-order valence-corrected chi connectivity index (χ0v) is 17.6. The first-order chi connectivity index (χ1) is 15.5. The number of thiazole rings is 1. The van der Waals surface area contributed by atoms with Crippen molar-refractivity contribution in [2.24, 2.45) is 0 Å². The van der Waals surface area contributed by atoms with Crippen molar-refractivity contribution in [3.05, 3.63) is 64.0 Å². The topological polar surface area (TPSA) is 111 Å². The third kappa shape index (κ3) is 4.30. The van der Waals surface area contributed by atoms with Gasteiger partial charge in [-0.15, -0.1) is 17.8 Å². The molecule has 1 atom stereocenters. The zero-order valence-electron chi connectivity index (χ0n) is 16.8. The van der Waals surface area contributed by atoms with E-state index in [0.29, 0.717) is 27.6 Å². The van der Waals surface area contributed by atoms with Gasteiger partial charge in [0.15, 0.2) is 5.01 Å². The van der Waals surface area contributed by atoms with E-state index >= 15 is 0 Å². The van der Waals surface area contributed by atoms with E-state index in [1.54, 1.807) is 29.8 Å². The molecular formula is C23H18FN5O2S. The number of nitriles is 1. The fraction of sp³-hybridized carbons (Fsp3) is 0.217.